The molecule has 2 aromatic rings. The lowest BCUT2D eigenvalue weighted by atomic mass is 10.0. The zero-order valence-corrected chi connectivity index (χ0v) is 19.2. The Bertz CT molecular complexity index is 721. The highest BCUT2D eigenvalue weighted by Crippen LogP contribution is 2.21. The third-order valence-corrected chi connectivity index (χ3v) is 3.96. The summed E-state index contributed by atoms with van der Waals surface area (Å²) in [6, 6.07) is 3.64. The van der Waals surface area contributed by atoms with E-state index in [2.05, 4.69) is 39.0 Å². The first-order valence-electron chi connectivity index (χ1n) is 9.13. The summed E-state index contributed by atoms with van der Waals surface area (Å²) in [6.45, 7) is 12.3. The normalized spacial score (nSPS) is 14.0. The molecule has 0 radical (unpaired) electrons. The van der Waals surface area contributed by atoms with Gasteiger partial charge in [-0.1, -0.05) is 13.8 Å². The number of halogens is 1. The molecule has 0 aromatic carbocycles. The Balaban J connectivity index is 0.00000364. The summed E-state index contributed by atoms with van der Waals surface area (Å²) in [6.07, 6.45) is 3.78. The second-order valence-corrected chi connectivity index (χ2v) is 7.12. The van der Waals surface area contributed by atoms with Crippen molar-refractivity contribution in [3.8, 4) is 0 Å². The van der Waals surface area contributed by atoms with Crippen molar-refractivity contribution in [2.45, 2.75) is 53.3 Å². The van der Waals surface area contributed by atoms with Crippen LogP contribution in [0.15, 0.2) is 33.9 Å². The number of nitrogens with one attached hydrogen (secondary N) is 2. The molecule has 0 aliphatic carbocycles. The first-order valence-corrected chi connectivity index (χ1v) is 9.13. The third kappa shape index (κ3) is 7.17. The van der Waals surface area contributed by atoms with Crippen molar-refractivity contribution in [3.63, 3.8) is 0 Å². The van der Waals surface area contributed by atoms with Gasteiger partial charge >= 0.3 is 0 Å². The van der Waals surface area contributed by atoms with E-state index in [1.807, 2.05) is 26.1 Å². The minimum atomic E-state index is -1.12. The van der Waals surface area contributed by atoms with Gasteiger partial charge in [-0.15, -0.1) is 24.0 Å². The molecule has 1 atom stereocenters. The first-order chi connectivity index (χ1) is 12.3. The van der Waals surface area contributed by atoms with Crippen molar-refractivity contribution < 1.29 is 9.52 Å². The minimum Gasteiger partial charge on any atom is -0.463 e. The number of rotatable bonds is 8. The summed E-state index contributed by atoms with van der Waals surface area (Å²) in [7, 11) is 0. The minimum absolute atomic E-state index is 0. The van der Waals surface area contributed by atoms with Gasteiger partial charge in [0.15, 0.2) is 5.96 Å². The van der Waals surface area contributed by atoms with Crippen LogP contribution in [0.3, 0.4) is 0 Å². The Kier molecular flexibility index (Phi) is 9.31. The van der Waals surface area contributed by atoms with E-state index in [1.54, 1.807) is 19.2 Å². The average molecular weight is 489 g/mol. The number of imidazole rings is 1. The zero-order chi connectivity index (χ0) is 19.2. The van der Waals surface area contributed by atoms with Crippen molar-refractivity contribution in [2.75, 3.05) is 13.1 Å². The van der Waals surface area contributed by atoms with Crippen molar-refractivity contribution >= 4 is 29.9 Å². The quantitative estimate of drug-likeness (QED) is 0.302. The van der Waals surface area contributed by atoms with Crippen LogP contribution in [-0.4, -0.2) is 33.7 Å². The lowest BCUT2D eigenvalue weighted by molar-refractivity contribution is 0.0378. The number of hydrogen-bond donors (Lipinski definition) is 3. The standard InChI is InChI=1S/C19H31N5O2.HI/c1-6-20-18(22-11-17-21-9-10-24(17)12-14(2)3)23-13-19(5,25)16-8-7-15(4)26-16;/h7-10,14,25H,6,11-13H2,1-5H3,(H2,20,22,23);1H. The number of aromatic nitrogens is 2. The highest BCUT2D eigenvalue weighted by atomic mass is 127. The van der Waals surface area contributed by atoms with E-state index in [4.69, 9.17) is 4.42 Å². The Hall–Kier alpha value is -1.55. The van der Waals surface area contributed by atoms with Gasteiger partial charge in [-0.05, 0) is 38.8 Å². The fraction of sp³-hybridized carbons (Fsp3) is 0.579. The summed E-state index contributed by atoms with van der Waals surface area (Å²) in [4.78, 5) is 8.99. The first kappa shape index (κ1) is 23.5. The maximum atomic E-state index is 10.7. The lowest BCUT2D eigenvalue weighted by Gasteiger charge is -2.22. The van der Waals surface area contributed by atoms with Gasteiger partial charge in [0.2, 0.25) is 0 Å². The van der Waals surface area contributed by atoms with Gasteiger partial charge in [0.1, 0.15) is 29.5 Å². The molecule has 2 rings (SSSR count). The fourth-order valence-electron chi connectivity index (χ4n) is 2.61. The van der Waals surface area contributed by atoms with E-state index in [0.29, 0.717) is 24.2 Å². The molecule has 27 heavy (non-hydrogen) atoms. The number of aliphatic imine (C=N–C) groups is 1. The molecule has 2 heterocycles. The molecule has 0 bridgehead atoms. The molecule has 8 heteroatoms. The zero-order valence-electron chi connectivity index (χ0n) is 16.8. The number of hydrogen-bond acceptors (Lipinski definition) is 4. The highest BCUT2D eigenvalue weighted by Gasteiger charge is 2.27. The van der Waals surface area contributed by atoms with Crippen molar-refractivity contribution in [1.29, 1.82) is 0 Å². The lowest BCUT2D eigenvalue weighted by Crippen LogP contribution is -2.44. The van der Waals surface area contributed by atoms with Gasteiger partial charge in [-0.25, -0.2) is 9.98 Å². The van der Waals surface area contributed by atoms with Crippen LogP contribution in [0.4, 0.5) is 0 Å². The Morgan fingerprint density at radius 1 is 1.37 bits per heavy atom. The molecule has 0 spiro atoms. The third-order valence-electron chi connectivity index (χ3n) is 3.96. The van der Waals surface area contributed by atoms with Gasteiger partial charge in [-0.2, -0.15) is 0 Å². The summed E-state index contributed by atoms with van der Waals surface area (Å²) in [5, 5.41) is 17.0. The maximum Gasteiger partial charge on any atom is 0.191 e. The largest absolute Gasteiger partial charge is 0.463 e. The predicted octanol–water partition coefficient (Wildman–Crippen LogP) is 3.02. The van der Waals surface area contributed by atoms with E-state index in [0.717, 1.165) is 24.7 Å². The molecular weight excluding hydrogens is 457 g/mol. The molecule has 0 saturated heterocycles. The van der Waals surface area contributed by atoms with Crippen LogP contribution < -0.4 is 10.6 Å². The fourth-order valence-corrected chi connectivity index (χ4v) is 2.61. The monoisotopic (exact) mass is 489 g/mol. The van der Waals surface area contributed by atoms with E-state index in [1.165, 1.54) is 0 Å². The average Bonchev–Trinajstić information content (AvgIpc) is 3.19. The molecule has 0 fully saturated rings. The van der Waals surface area contributed by atoms with E-state index >= 15 is 0 Å². The number of aryl methyl sites for hydroxylation is 1. The van der Waals surface area contributed by atoms with Crippen LogP contribution in [0, 0.1) is 12.8 Å². The van der Waals surface area contributed by atoms with Crippen LogP contribution in [-0.2, 0) is 18.7 Å². The Morgan fingerprint density at radius 2 is 2.11 bits per heavy atom. The van der Waals surface area contributed by atoms with Crippen LogP contribution in [0.25, 0.3) is 0 Å². The van der Waals surface area contributed by atoms with Crippen molar-refractivity contribution in [3.05, 3.63) is 41.9 Å². The second-order valence-electron chi connectivity index (χ2n) is 7.12. The van der Waals surface area contributed by atoms with Gasteiger partial charge in [0, 0.05) is 25.5 Å². The number of furan rings is 1. The van der Waals surface area contributed by atoms with Crippen molar-refractivity contribution in [2.24, 2.45) is 10.9 Å². The number of guanidine groups is 1. The van der Waals surface area contributed by atoms with E-state index in [-0.39, 0.29) is 30.5 Å². The summed E-state index contributed by atoms with van der Waals surface area (Å²) >= 11 is 0. The number of aliphatic hydroxyl groups is 1. The van der Waals surface area contributed by atoms with Crippen LogP contribution >= 0.6 is 24.0 Å². The number of nitrogens with zero attached hydrogens (tertiary/aromatic N) is 3. The molecule has 0 saturated carbocycles. The molecule has 1 unspecified atom stereocenters. The predicted molar refractivity (Wildman–Crippen MR) is 118 cm³/mol. The topological polar surface area (TPSA) is 87.6 Å². The molecule has 0 amide bonds. The summed E-state index contributed by atoms with van der Waals surface area (Å²) < 4.78 is 7.67. The highest BCUT2D eigenvalue weighted by molar-refractivity contribution is 14.0. The van der Waals surface area contributed by atoms with Crippen LogP contribution in [0.1, 0.15) is 45.0 Å². The van der Waals surface area contributed by atoms with Gasteiger partial charge in [0.25, 0.3) is 0 Å². The van der Waals surface area contributed by atoms with Crippen LogP contribution in [0.5, 0.6) is 0 Å². The molecule has 152 valence electrons. The molecular formula is C19H32IN5O2. The molecule has 3 N–H and O–H groups in total. The molecule has 7 nitrogen and oxygen atoms in total. The van der Waals surface area contributed by atoms with Crippen molar-refractivity contribution in [1.82, 2.24) is 20.2 Å². The summed E-state index contributed by atoms with van der Waals surface area (Å²) in [5.74, 6) is 3.41. The summed E-state index contributed by atoms with van der Waals surface area (Å²) in [5.41, 5.74) is -1.12. The molecule has 0 aliphatic rings. The van der Waals surface area contributed by atoms with Gasteiger partial charge in [0.05, 0.1) is 6.54 Å². The van der Waals surface area contributed by atoms with E-state index in [9.17, 15) is 5.11 Å². The van der Waals surface area contributed by atoms with Gasteiger partial charge < -0.3 is 24.7 Å². The molecule has 0 aliphatic heterocycles. The maximum absolute atomic E-state index is 10.7. The van der Waals surface area contributed by atoms with E-state index < -0.39 is 5.60 Å². The second kappa shape index (κ2) is 10.7. The Morgan fingerprint density at radius 3 is 2.70 bits per heavy atom. The smallest absolute Gasteiger partial charge is 0.191 e. The van der Waals surface area contributed by atoms with Crippen LogP contribution in [0.2, 0.25) is 0 Å². The Labute approximate surface area is 178 Å². The SMILES string of the molecule is CCNC(=NCc1nccn1CC(C)C)NCC(C)(O)c1ccc(C)o1.I. The van der Waals surface area contributed by atoms with Gasteiger partial charge in [-0.3, -0.25) is 0 Å². The molecule has 2 aromatic heterocycles.